The van der Waals surface area contributed by atoms with Gasteiger partial charge in [-0.2, -0.15) is 0 Å². The predicted octanol–water partition coefficient (Wildman–Crippen LogP) is 0.906. The van der Waals surface area contributed by atoms with Crippen molar-refractivity contribution in [2.75, 3.05) is 39.8 Å². The number of nitrogens with zero attached hydrogens (tertiary/aromatic N) is 2. The molecule has 2 rings (SSSR count). The summed E-state index contributed by atoms with van der Waals surface area (Å²) in [5.74, 6) is 0. The number of likely N-dealkylation sites (tertiary alicyclic amines) is 1. The second-order valence-electron chi connectivity index (χ2n) is 6.72. The number of rotatable bonds is 7. The Balaban J connectivity index is 1.80. The van der Waals surface area contributed by atoms with Crippen LogP contribution >= 0.6 is 0 Å². The third-order valence-electron chi connectivity index (χ3n) is 4.70. The third kappa shape index (κ3) is 4.42. The van der Waals surface area contributed by atoms with E-state index in [9.17, 15) is 5.11 Å². The van der Waals surface area contributed by atoms with E-state index in [0.717, 1.165) is 6.54 Å². The van der Waals surface area contributed by atoms with E-state index in [1.807, 2.05) is 0 Å². The molecule has 0 aromatic heterocycles. The van der Waals surface area contributed by atoms with Crippen LogP contribution in [0.15, 0.2) is 0 Å². The highest BCUT2D eigenvalue weighted by Gasteiger charge is 2.34. The Hall–Kier alpha value is -0.160. The maximum Gasteiger partial charge on any atom is 0.0623 e. The number of hydrogen-bond acceptors (Lipinski definition) is 4. The van der Waals surface area contributed by atoms with Crippen LogP contribution in [0.5, 0.6) is 0 Å². The lowest BCUT2D eigenvalue weighted by Gasteiger charge is -2.40. The quantitative estimate of drug-likeness (QED) is 0.720. The Morgan fingerprint density at radius 1 is 1.26 bits per heavy atom. The summed E-state index contributed by atoms with van der Waals surface area (Å²) in [6, 6.07) is 1.32. The maximum absolute atomic E-state index is 9.69. The first-order valence-corrected chi connectivity index (χ1v) is 7.87. The Morgan fingerprint density at radius 2 is 1.89 bits per heavy atom. The molecule has 2 aliphatic rings. The van der Waals surface area contributed by atoms with Gasteiger partial charge in [0.1, 0.15) is 0 Å². The molecule has 4 nitrogen and oxygen atoms in total. The van der Waals surface area contributed by atoms with Crippen LogP contribution in [-0.2, 0) is 0 Å². The van der Waals surface area contributed by atoms with Gasteiger partial charge in [-0.05, 0) is 59.3 Å². The molecule has 0 amide bonds. The molecule has 1 heterocycles. The lowest BCUT2D eigenvalue weighted by Crippen LogP contribution is -2.56. The Bertz CT molecular complexity index is 275. The molecule has 0 bridgehead atoms. The summed E-state index contributed by atoms with van der Waals surface area (Å²) in [6.45, 7) is 9.18. The van der Waals surface area contributed by atoms with Crippen LogP contribution in [0.25, 0.3) is 0 Å². The SMILES string of the molecule is CCN1CCC(N(C)CC(C)(CO)NC2CC2)CC1. The molecule has 1 saturated carbocycles. The van der Waals surface area contributed by atoms with Gasteiger partial charge >= 0.3 is 0 Å². The molecule has 1 saturated heterocycles. The third-order valence-corrected chi connectivity index (χ3v) is 4.70. The van der Waals surface area contributed by atoms with Gasteiger partial charge in [0.2, 0.25) is 0 Å². The number of nitrogens with one attached hydrogen (secondary N) is 1. The summed E-state index contributed by atoms with van der Waals surface area (Å²) >= 11 is 0. The van der Waals surface area contributed by atoms with Crippen molar-refractivity contribution in [1.82, 2.24) is 15.1 Å². The van der Waals surface area contributed by atoms with Crippen LogP contribution in [-0.4, -0.2) is 72.4 Å². The van der Waals surface area contributed by atoms with Gasteiger partial charge < -0.3 is 20.2 Å². The normalized spacial score (nSPS) is 25.7. The molecule has 1 atom stereocenters. The zero-order chi connectivity index (χ0) is 13.9. The van der Waals surface area contributed by atoms with Crippen molar-refractivity contribution in [3.63, 3.8) is 0 Å². The molecule has 1 unspecified atom stereocenters. The van der Waals surface area contributed by atoms with Gasteiger partial charge in [-0.1, -0.05) is 6.92 Å². The minimum Gasteiger partial charge on any atom is -0.394 e. The topological polar surface area (TPSA) is 38.7 Å². The fourth-order valence-electron chi connectivity index (χ4n) is 3.22. The maximum atomic E-state index is 9.69. The largest absolute Gasteiger partial charge is 0.394 e. The molecule has 19 heavy (non-hydrogen) atoms. The predicted molar refractivity (Wildman–Crippen MR) is 79.4 cm³/mol. The summed E-state index contributed by atoms with van der Waals surface area (Å²) in [6.07, 6.45) is 5.06. The molecular weight excluding hydrogens is 238 g/mol. The molecule has 2 fully saturated rings. The van der Waals surface area contributed by atoms with Crippen molar-refractivity contribution < 1.29 is 5.11 Å². The van der Waals surface area contributed by atoms with Crippen LogP contribution in [0.2, 0.25) is 0 Å². The molecule has 0 spiro atoms. The van der Waals surface area contributed by atoms with E-state index in [1.54, 1.807) is 0 Å². The zero-order valence-electron chi connectivity index (χ0n) is 12.9. The van der Waals surface area contributed by atoms with E-state index in [1.165, 1.54) is 45.3 Å². The molecule has 0 radical (unpaired) electrons. The summed E-state index contributed by atoms with van der Waals surface area (Å²) < 4.78 is 0. The van der Waals surface area contributed by atoms with Crippen molar-refractivity contribution in [1.29, 1.82) is 0 Å². The number of piperidine rings is 1. The molecule has 0 aromatic carbocycles. The molecule has 4 heteroatoms. The van der Waals surface area contributed by atoms with Crippen LogP contribution in [0.3, 0.4) is 0 Å². The monoisotopic (exact) mass is 269 g/mol. The van der Waals surface area contributed by atoms with Gasteiger partial charge in [0.05, 0.1) is 12.1 Å². The highest BCUT2D eigenvalue weighted by atomic mass is 16.3. The van der Waals surface area contributed by atoms with Gasteiger partial charge in [0.25, 0.3) is 0 Å². The number of aliphatic hydroxyl groups excluding tert-OH is 1. The van der Waals surface area contributed by atoms with Crippen molar-refractivity contribution >= 4 is 0 Å². The second-order valence-corrected chi connectivity index (χ2v) is 6.72. The molecule has 112 valence electrons. The summed E-state index contributed by atoms with van der Waals surface area (Å²) in [4.78, 5) is 4.98. The average molecular weight is 269 g/mol. The van der Waals surface area contributed by atoms with Gasteiger partial charge in [0, 0.05) is 18.6 Å². The van der Waals surface area contributed by atoms with E-state index in [4.69, 9.17) is 0 Å². The van der Waals surface area contributed by atoms with Crippen molar-refractivity contribution in [2.45, 2.75) is 57.2 Å². The number of likely N-dealkylation sites (N-methyl/N-ethyl adjacent to an activating group) is 1. The van der Waals surface area contributed by atoms with Crippen molar-refractivity contribution in [3.8, 4) is 0 Å². The van der Waals surface area contributed by atoms with E-state index in [-0.39, 0.29) is 12.1 Å². The minimum atomic E-state index is -0.141. The Kier molecular flexibility index (Phi) is 5.23. The summed E-state index contributed by atoms with van der Waals surface area (Å²) in [7, 11) is 2.22. The van der Waals surface area contributed by atoms with Gasteiger partial charge in [0.15, 0.2) is 0 Å². The molecule has 1 aliphatic heterocycles. The average Bonchev–Trinajstić information content (AvgIpc) is 3.22. The van der Waals surface area contributed by atoms with E-state index in [2.05, 4.69) is 36.0 Å². The summed E-state index contributed by atoms with van der Waals surface area (Å²) in [5, 5.41) is 13.3. The second kappa shape index (κ2) is 6.53. The Labute approximate surface area is 118 Å². The fraction of sp³-hybridized carbons (Fsp3) is 1.00. The van der Waals surface area contributed by atoms with Crippen LogP contribution in [0, 0.1) is 0 Å². The number of hydrogen-bond donors (Lipinski definition) is 2. The van der Waals surface area contributed by atoms with Crippen LogP contribution < -0.4 is 5.32 Å². The fourth-order valence-corrected chi connectivity index (χ4v) is 3.22. The standard InChI is InChI=1S/C15H31N3O/c1-4-18-9-7-14(8-10-18)17(3)11-15(2,12-19)16-13-5-6-13/h13-14,16,19H,4-12H2,1-3H3. The van der Waals surface area contributed by atoms with E-state index < -0.39 is 0 Å². The lowest BCUT2D eigenvalue weighted by atomic mass is 9.98. The first-order chi connectivity index (χ1) is 9.06. The first-order valence-electron chi connectivity index (χ1n) is 7.87. The smallest absolute Gasteiger partial charge is 0.0623 e. The van der Waals surface area contributed by atoms with E-state index in [0.29, 0.717) is 12.1 Å². The summed E-state index contributed by atoms with van der Waals surface area (Å²) in [5.41, 5.74) is -0.141. The van der Waals surface area contributed by atoms with Gasteiger partial charge in [-0.15, -0.1) is 0 Å². The van der Waals surface area contributed by atoms with Gasteiger partial charge in [-0.25, -0.2) is 0 Å². The molecular formula is C15H31N3O. The molecule has 2 N–H and O–H groups in total. The van der Waals surface area contributed by atoms with Gasteiger partial charge in [-0.3, -0.25) is 0 Å². The highest BCUT2D eigenvalue weighted by molar-refractivity contribution is 4.95. The molecule has 0 aromatic rings. The van der Waals surface area contributed by atoms with Crippen molar-refractivity contribution in [3.05, 3.63) is 0 Å². The van der Waals surface area contributed by atoms with Crippen molar-refractivity contribution in [2.24, 2.45) is 0 Å². The van der Waals surface area contributed by atoms with E-state index >= 15 is 0 Å². The van der Waals surface area contributed by atoms with Crippen LogP contribution in [0.1, 0.15) is 39.5 Å². The molecule has 1 aliphatic carbocycles. The minimum absolute atomic E-state index is 0.141. The highest BCUT2D eigenvalue weighted by Crippen LogP contribution is 2.24. The number of aliphatic hydroxyl groups is 1. The van der Waals surface area contributed by atoms with Crippen LogP contribution in [0.4, 0.5) is 0 Å². The first kappa shape index (κ1) is 15.2. The Morgan fingerprint density at radius 3 is 2.37 bits per heavy atom. The zero-order valence-corrected chi connectivity index (χ0v) is 12.9. The lowest BCUT2D eigenvalue weighted by molar-refractivity contribution is 0.0798.